The molecule has 0 aliphatic carbocycles. The fourth-order valence-electron chi connectivity index (χ4n) is 2.13. The van der Waals surface area contributed by atoms with Gasteiger partial charge >= 0.3 is 0 Å². The highest BCUT2D eigenvalue weighted by Gasteiger charge is 2.10. The molecule has 0 atom stereocenters. The summed E-state index contributed by atoms with van der Waals surface area (Å²) in [6.45, 7) is 7.80. The third kappa shape index (κ3) is 10.8. The Labute approximate surface area is 126 Å². The maximum Gasteiger partial charge on any atom is 0.0958 e. The van der Waals surface area contributed by atoms with E-state index < -0.39 is 11.9 Å². The number of carboxylic acids is 2. The molecule has 0 unspecified atom stereocenters. The van der Waals surface area contributed by atoms with Crippen molar-refractivity contribution in [3.05, 3.63) is 0 Å². The highest BCUT2D eigenvalue weighted by molar-refractivity contribution is 6.25. The predicted octanol–water partition coefficient (Wildman–Crippen LogP) is -0.0428. The number of aliphatic imine (C=N–C) groups is 1. The van der Waals surface area contributed by atoms with Gasteiger partial charge < -0.3 is 24.7 Å². The first-order chi connectivity index (χ1) is 9.99. The van der Waals surface area contributed by atoms with E-state index in [0.29, 0.717) is 0 Å². The van der Waals surface area contributed by atoms with Gasteiger partial charge in [0.2, 0.25) is 0 Å². The zero-order valence-corrected chi connectivity index (χ0v) is 13.1. The first-order valence-corrected chi connectivity index (χ1v) is 7.67. The first kappa shape index (κ1) is 19.4. The van der Waals surface area contributed by atoms with Crippen LogP contribution in [-0.2, 0) is 9.59 Å². The molecule has 6 heteroatoms. The predicted molar refractivity (Wildman–Crippen MR) is 77.6 cm³/mol. The summed E-state index contributed by atoms with van der Waals surface area (Å²) in [5.74, 6) is -3.12. The molecule has 0 fully saturated rings. The van der Waals surface area contributed by atoms with Gasteiger partial charge in [0.15, 0.2) is 0 Å². The zero-order chi connectivity index (χ0) is 16.1. The minimum Gasteiger partial charge on any atom is -0.543 e. The number of carboxylic acid groups (broad SMARTS) is 2. The second-order valence-corrected chi connectivity index (χ2v) is 5.11. The average molecular weight is 298 g/mol. The largest absolute Gasteiger partial charge is 0.543 e. The number of carbonyl (C=O) groups excluding carboxylic acids is 2. The number of aliphatic carboxylic acids is 2. The molecule has 1 aliphatic rings. The van der Waals surface area contributed by atoms with Gasteiger partial charge in [-0.05, 0) is 13.3 Å². The molecule has 0 aromatic carbocycles. The molecule has 1 aliphatic heterocycles. The molecule has 0 radical (unpaired) electrons. The van der Waals surface area contributed by atoms with Crippen LogP contribution in [0, 0.1) is 0 Å². The number of amidine groups is 1. The van der Waals surface area contributed by atoms with Crippen molar-refractivity contribution < 1.29 is 19.8 Å². The van der Waals surface area contributed by atoms with Crippen molar-refractivity contribution in [3.8, 4) is 0 Å². The fraction of sp³-hybridized carbons (Fsp3) is 0.800. The van der Waals surface area contributed by atoms with Crippen molar-refractivity contribution >= 4 is 17.8 Å². The molecule has 0 aromatic heterocycles. The van der Waals surface area contributed by atoms with Crippen LogP contribution in [0.3, 0.4) is 0 Å². The van der Waals surface area contributed by atoms with Gasteiger partial charge in [0, 0.05) is 13.1 Å². The molecule has 1 heterocycles. The minimum atomic E-state index is -2.19. The summed E-state index contributed by atoms with van der Waals surface area (Å²) in [7, 11) is 0. The van der Waals surface area contributed by atoms with Crippen LogP contribution >= 0.6 is 0 Å². The molecule has 6 nitrogen and oxygen atoms in total. The van der Waals surface area contributed by atoms with Crippen LogP contribution in [0.1, 0.15) is 58.8 Å². The summed E-state index contributed by atoms with van der Waals surface area (Å²) in [5.41, 5.74) is 0. The topological polar surface area (TPSA) is 95.9 Å². The fourth-order valence-corrected chi connectivity index (χ4v) is 2.13. The summed E-state index contributed by atoms with van der Waals surface area (Å²) >= 11 is 0. The Kier molecular flexibility index (Phi) is 11.3. The molecule has 0 saturated heterocycles. The van der Waals surface area contributed by atoms with Gasteiger partial charge in [0.05, 0.1) is 24.3 Å². The van der Waals surface area contributed by atoms with Gasteiger partial charge in [0.1, 0.15) is 0 Å². The minimum absolute atomic E-state index is 1.02. The molecular formula is C15H26N2O4-2. The van der Waals surface area contributed by atoms with Crippen molar-refractivity contribution in [2.24, 2.45) is 4.99 Å². The van der Waals surface area contributed by atoms with Crippen LogP contribution in [0.25, 0.3) is 0 Å². The van der Waals surface area contributed by atoms with Gasteiger partial charge in [-0.25, -0.2) is 0 Å². The van der Waals surface area contributed by atoms with E-state index in [1.54, 1.807) is 0 Å². The number of unbranched alkanes of at least 4 members (excludes halogenated alkanes) is 6. The second-order valence-electron chi connectivity index (χ2n) is 5.11. The van der Waals surface area contributed by atoms with Crippen LogP contribution in [0.5, 0.6) is 0 Å². The molecule has 0 bridgehead atoms. The van der Waals surface area contributed by atoms with Crippen molar-refractivity contribution in [2.45, 2.75) is 58.8 Å². The van der Waals surface area contributed by atoms with Gasteiger partial charge in [0.25, 0.3) is 0 Å². The van der Waals surface area contributed by atoms with Gasteiger partial charge in [-0.15, -0.1) is 0 Å². The lowest BCUT2D eigenvalue weighted by atomic mass is 10.1. The number of nitrogens with zero attached hydrogens (tertiary/aromatic N) is 2. The van der Waals surface area contributed by atoms with Crippen LogP contribution in [-0.4, -0.2) is 42.3 Å². The van der Waals surface area contributed by atoms with Crippen molar-refractivity contribution in [1.82, 2.24) is 4.90 Å². The SMILES string of the molecule is CCCCCCCCCN1CCN=C1C.O=C([O-])C(=O)[O-]. The molecule has 0 N–H and O–H groups in total. The van der Waals surface area contributed by atoms with Crippen LogP contribution in [0.15, 0.2) is 4.99 Å². The normalized spacial score (nSPS) is 13.4. The number of rotatable bonds is 8. The lowest BCUT2D eigenvalue weighted by Crippen LogP contribution is -2.42. The van der Waals surface area contributed by atoms with Gasteiger partial charge in [-0.3, -0.25) is 4.99 Å². The Morgan fingerprint density at radius 2 is 1.57 bits per heavy atom. The smallest absolute Gasteiger partial charge is 0.0958 e. The number of hydrogen-bond donors (Lipinski definition) is 0. The maximum atomic E-state index is 8.93. The van der Waals surface area contributed by atoms with E-state index >= 15 is 0 Å². The number of hydrogen-bond acceptors (Lipinski definition) is 6. The van der Waals surface area contributed by atoms with Crippen LogP contribution in [0.4, 0.5) is 0 Å². The molecule has 0 amide bonds. The summed E-state index contributed by atoms with van der Waals surface area (Å²) < 4.78 is 0. The Bertz CT molecular complexity index is 331. The molecule has 1 rings (SSSR count). The van der Waals surface area contributed by atoms with Crippen LogP contribution in [0.2, 0.25) is 0 Å². The van der Waals surface area contributed by atoms with Crippen molar-refractivity contribution in [3.63, 3.8) is 0 Å². The van der Waals surface area contributed by atoms with E-state index in [4.69, 9.17) is 19.8 Å². The third-order valence-corrected chi connectivity index (χ3v) is 3.37. The lowest BCUT2D eigenvalue weighted by molar-refractivity contribution is -0.345. The van der Waals surface area contributed by atoms with E-state index in [0.717, 1.165) is 13.1 Å². The summed E-state index contributed by atoms with van der Waals surface area (Å²) in [6.07, 6.45) is 9.79. The molecular weight excluding hydrogens is 272 g/mol. The molecule has 0 spiro atoms. The number of carbonyl (C=O) groups is 2. The maximum absolute atomic E-state index is 8.93. The summed E-state index contributed by atoms with van der Waals surface area (Å²) in [6, 6.07) is 0. The van der Waals surface area contributed by atoms with E-state index in [9.17, 15) is 0 Å². The van der Waals surface area contributed by atoms with Crippen molar-refractivity contribution in [2.75, 3.05) is 19.6 Å². The van der Waals surface area contributed by atoms with Gasteiger partial charge in [-0.2, -0.15) is 0 Å². The van der Waals surface area contributed by atoms with E-state index in [1.807, 2.05) is 0 Å². The van der Waals surface area contributed by atoms with Crippen LogP contribution < -0.4 is 10.2 Å². The Morgan fingerprint density at radius 1 is 1.05 bits per heavy atom. The monoisotopic (exact) mass is 298 g/mol. The summed E-state index contributed by atoms with van der Waals surface area (Å²) in [5, 5.41) is 17.9. The standard InChI is InChI=1S/C13H26N2.C2H2O4/c1-3-4-5-6-7-8-9-11-15-12-10-14-13(15)2;3-1(4)2(5)6/h3-12H2,1-2H3;(H,3,4)(H,5,6)/p-2. The highest BCUT2D eigenvalue weighted by atomic mass is 16.4. The Hall–Kier alpha value is -1.59. The van der Waals surface area contributed by atoms with E-state index in [2.05, 4.69) is 23.7 Å². The summed E-state index contributed by atoms with van der Waals surface area (Å²) in [4.78, 5) is 24.7. The van der Waals surface area contributed by atoms with E-state index in [-0.39, 0.29) is 0 Å². The first-order valence-electron chi connectivity index (χ1n) is 7.67. The zero-order valence-electron chi connectivity index (χ0n) is 13.1. The van der Waals surface area contributed by atoms with Crippen molar-refractivity contribution in [1.29, 1.82) is 0 Å². The molecule has 21 heavy (non-hydrogen) atoms. The third-order valence-electron chi connectivity index (χ3n) is 3.37. The molecule has 122 valence electrons. The lowest BCUT2D eigenvalue weighted by Gasteiger charge is -2.17. The molecule has 0 saturated carbocycles. The highest BCUT2D eigenvalue weighted by Crippen LogP contribution is 2.09. The molecule has 0 aromatic rings. The Morgan fingerprint density at radius 3 is 2.00 bits per heavy atom. The Balaban J connectivity index is 0.000000567. The second kappa shape index (κ2) is 12.2. The van der Waals surface area contributed by atoms with Gasteiger partial charge in [-0.1, -0.05) is 45.4 Å². The average Bonchev–Trinajstić information content (AvgIpc) is 2.84. The van der Waals surface area contributed by atoms with E-state index in [1.165, 1.54) is 57.3 Å². The quantitative estimate of drug-likeness (QED) is 0.462.